The summed E-state index contributed by atoms with van der Waals surface area (Å²) in [6.07, 6.45) is 4.43. The number of primary amides is 1. The van der Waals surface area contributed by atoms with Crippen LogP contribution < -0.4 is 10.5 Å². The first kappa shape index (κ1) is 11.4. The van der Waals surface area contributed by atoms with Gasteiger partial charge >= 0.3 is 0 Å². The van der Waals surface area contributed by atoms with Gasteiger partial charge in [-0.2, -0.15) is 0 Å². The van der Waals surface area contributed by atoms with Crippen LogP contribution in [-0.2, 0) is 11.2 Å². The molecule has 0 fully saturated rings. The Balaban J connectivity index is 2.50. The fraction of sp³-hybridized carbons (Fsp3) is 0.231. The summed E-state index contributed by atoms with van der Waals surface area (Å²) < 4.78 is 5.31. The molecule has 2 N–H and O–H groups in total. The topological polar surface area (TPSA) is 65.2 Å². The van der Waals surface area contributed by atoms with E-state index in [1.54, 1.807) is 19.5 Å². The van der Waals surface area contributed by atoms with Gasteiger partial charge in [0.1, 0.15) is 5.75 Å². The Morgan fingerprint density at radius 3 is 2.94 bits per heavy atom. The highest BCUT2D eigenvalue weighted by atomic mass is 16.5. The van der Waals surface area contributed by atoms with Gasteiger partial charge in [-0.05, 0) is 30.0 Å². The second-order valence-corrected chi connectivity index (χ2v) is 3.81. The van der Waals surface area contributed by atoms with Gasteiger partial charge in [-0.25, -0.2) is 0 Å². The summed E-state index contributed by atoms with van der Waals surface area (Å²) in [6, 6.07) is 5.77. The van der Waals surface area contributed by atoms with Crippen molar-refractivity contribution in [1.29, 1.82) is 0 Å². The number of carbonyl (C=O) groups is 1. The molecule has 0 saturated heterocycles. The summed E-state index contributed by atoms with van der Waals surface area (Å²) in [7, 11) is 1.62. The van der Waals surface area contributed by atoms with E-state index < -0.39 is 0 Å². The number of pyridine rings is 1. The van der Waals surface area contributed by atoms with Crippen molar-refractivity contribution in [2.75, 3.05) is 7.11 Å². The highest BCUT2D eigenvalue weighted by Crippen LogP contribution is 2.28. The molecule has 17 heavy (non-hydrogen) atoms. The number of carbonyl (C=O) groups excluding carboxylic acids is 1. The minimum Gasteiger partial charge on any atom is -0.496 e. The maximum absolute atomic E-state index is 10.9. The number of nitrogens with two attached hydrogens (primary N) is 1. The summed E-state index contributed by atoms with van der Waals surface area (Å²) >= 11 is 0. The lowest BCUT2D eigenvalue weighted by Gasteiger charge is -2.11. The van der Waals surface area contributed by atoms with Crippen molar-refractivity contribution in [3.63, 3.8) is 0 Å². The molecule has 1 aromatic carbocycles. The number of hydrogen-bond donors (Lipinski definition) is 1. The number of amides is 1. The summed E-state index contributed by atoms with van der Waals surface area (Å²) in [6.45, 7) is 0. The molecule has 1 heterocycles. The van der Waals surface area contributed by atoms with E-state index in [4.69, 9.17) is 10.5 Å². The Morgan fingerprint density at radius 1 is 1.41 bits per heavy atom. The number of nitrogens with zero attached hydrogens (tertiary/aromatic N) is 1. The van der Waals surface area contributed by atoms with Crippen LogP contribution in [0.5, 0.6) is 5.75 Å². The molecular formula is C13H14N2O2. The Kier molecular flexibility index (Phi) is 3.23. The van der Waals surface area contributed by atoms with Crippen molar-refractivity contribution in [2.24, 2.45) is 5.73 Å². The van der Waals surface area contributed by atoms with Crippen LogP contribution in [0.3, 0.4) is 0 Å². The Labute approximate surface area is 99.4 Å². The number of ether oxygens (including phenoxy) is 1. The van der Waals surface area contributed by atoms with Crippen molar-refractivity contribution in [3.05, 3.63) is 36.2 Å². The lowest BCUT2D eigenvalue weighted by Crippen LogP contribution is -2.11. The molecule has 2 rings (SSSR count). The average Bonchev–Trinajstić information content (AvgIpc) is 2.35. The molecule has 4 nitrogen and oxygen atoms in total. The fourth-order valence-electron chi connectivity index (χ4n) is 1.91. The van der Waals surface area contributed by atoms with E-state index in [-0.39, 0.29) is 5.91 Å². The summed E-state index contributed by atoms with van der Waals surface area (Å²) in [5, 5.41) is 2.09. The van der Waals surface area contributed by atoms with Crippen LogP contribution in [0, 0.1) is 0 Å². The molecule has 0 saturated carbocycles. The molecule has 0 atom stereocenters. The quantitative estimate of drug-likeness (QED) is 0.868. The van der Waals surface area contributed by atoms with Gasteiger partial charge in [0.05, 0.1) is 7.11 Å². The molecule has 0 bridgehead atoms. The van der Waals surface area contributed by atoms with E-state index in [1.165, 1.54) is 0 Å². The molecule has 0 aliphatic carbocycles. The SMILES string of the molecule is COc1ccc2cnccc2c1CCC(N)=O. The maximum Gasteiger partial charge on any atom is 0.217 e. The largest absolute Gasteiger partial charge is 0.496 e. The van der Waals surface area contributed by atoms with Crippen molar-refractivity contribution in [3.8, 4) is 5.75 Å². The van der Waals surface area contributed by atoms with Crippen molar-refractivity contribution in [2.45, 2.75) is 12.8 Å². The van der Waals surface area contributed by atoms with E-state index in [0.29, 0.717) is 12.8 Å². The zero-order valence-electron chi connectivity index (χ0n) is 9.64. The third-order valence-electron chi connectivity index (χ3n) is 2.73. The minimum absolute atomic E-state index is 0.307. The molecule has 4 heteroatoms. The van der Waals surface area contributed by atoms with Gasteiger partial charge in [0.25, 0.3) is 0 Å². The highest BCUT2D eigenvalue weighted by Gasteiger charge is 2.09. The lowest BCUT2D eigenvalue weighted by molar-refractivity contribution is -0.117. The van der Waals surface area contributed by atoms with Crippen LogP contribution in [-0.4, -0.2) is 18.0 Å². The van der Waals surface area contributed by atoms with Crippen LogP contribution in [0.4, 0.5) is 0 Å². The maximum atomic E-state index is 10.9. The second kappa shape index (κ2) is 4.82. The Bertz CT molecular complexity index is 552. The standard InChI is InChI=1S/C13H14N2O2/c1-17-12-4-2-9-8-15-7-6-10(9)11(12)3-5-13(14)16/h2,4,6-8H,3,5H2,1H3,(H2,14,16). The predicted molar refractivity (Wildman–Crippen MR) is 65.8 cm³/mol. The number of rotatable bonds is 4. The molecule has 0 unspecified atom stereocenters. The van der Waals surface area contributed by atoms with Crippen LogP contribution >= 0.6 is 0 Å². The smallest absolute Gasteiger partial charge is 0.217 e. The summed E-state index contributed by atoms with van der Waals surface area (Å²) in [5.41, 5.74) is 6.19. The van der Waals surface area contributed by atoms with Crippen LogP contribution in [0.15, 0.2) is 30.6 Å². The van der Waals surface area contributed by atoms with E-state index in [0.717, 1.165) is 22.1 Å². The summed E-state index contributed by atoms with van der Waals surface area (Å²) in [4.78, 5) is 14.9. The van der Waals surface area contributed by atoms with Crippen LogP contribution in [0.25, 0.3) is 10.8 Å². The van der Waals surface area contributed by atoms with Gasteiger partial charge < -0.3 is 10.5 Å². The van der Waals surface area contributed by atoms with E-state index in [1.807, 2.05) is 18.2 Å². The number of aryl methyl sites for hydroxylation is 1. The van der Waals surface area contributed by atoms with Gasteiger partial charge in [-0.1, -0.05) is 0 Å². The fourth-order valence-corrected chi connectivity index (χ4v) is 1.91. The molecule has 2 aromatic rings. The molecule has 0 aliphatic rings. The van der Waals surface area contributed by atoms with Crippen LogP contribution in [0.1, 0.15) is 12.0 Å². The zero-order valence-corrected chi connectivity index (χ0v) is 9.64. The molecule has 0 radical (unpaired) electrons. The van der Waals surface area contributed by atoms with Gasteiger partial charge in [0.15, 0.2) is 0 Å². The average molecular weight is 230 g/mol. The van der Waals surface area contributed by atoms with Gasteiger partial charge in [-0.15, -0.1) is 0 Å². The van der Waals surface area contributed by atoms with E-state index in [2.05, 4.69) is 4.98 Å². The highest BCUT2D eigenvalue weighted by molar-refractivity contribution is 5.87. The van der Waals surface area contributed by atoms with Crippen molar-refractivity contribution >= 4 is 16.7 Å². The normalized spacial score (nSPS) is 10.4. The number of methoxy groups -OCH3 is 1. The zero-order chi connectivity index (χ0) is 12.3. The van der Waals surface area contributed by atoms with E-state index in [9.17, 15) is 4.79 Å². The van der Waals surface area contributed by atoms with Gasteiger partial charge in [-0.3, -0.25) is 9.78 Å². The monoisotopic (exact) mass is 230 g/mol. The molecule has 1 amide bonds. The first-order chi connectivity index (χ1) is 8.22. The van der Waals surface area contributed by atoms with Gasteiger partial charge in [0.2, 0.25) is 5.91 Å². The number of benzene rings is 1. The molecule has 0 spiro atoms. The Hall–Kier alpha value is -2.10. The minimum atomic E-state index is -0.307. The predicted octanol–water partition coefficient (Wildman–Crippen LogP) is 1.66. The third-order valence-corrected chi connectivity index (χ3v) is 2.73. The third kappa shape index (κ3) is 2.36. The Morgan fingerprint density at radius 2 is 2.24 bits per heavy atom. The van der Waals surface area contributed by atoms with Crippen molar-refractivity contribution < 1.29 is 9.53 Å². The summed E-state index contributed by atoms with van der Waals surface area (Å²) in [5.74, 6) is 0.475. The molecule has 0 aliphatic heterocycles. The first-order valence-corrected chi connectivity index (χ1v) is 5.40. The van der Waals surface area contributed by atoms with Gasteiger partial charge in [0, 0.05) is 29.8 Å². The molecule has 1 aromatic heterocycles. The first-order valence-electron chi connectivity index (χ1n) is 5.40. The number of fused-ring (bicyclic) bond motifs is 1. The lowest BCUT2D eigenvalue weighted by atomic mass is 10.0. The number of hydrogen-bond acceptors (Lipinski definition) is 3. The second-order valence-electron chi connectivity index (χ2n) is 3.81. The molecular weight excluding hydrogens is 216 g/mol. The number of aromatic nitrogens is 1. The van der Waals surface area contributed by atoms with Crippen LogP contribution in [0.2, 0.25) is 0 Å². The van der Waals surface area contributed by atoms with Crippen molar-refractivity contribution in [1.82, 2.24) is 4.98 Å². The molecule has 88 valence electrons. The van der Waals surface area contributed by atoms with E-state index >= 15 is 0 Å².